The lowest BCUT2D eigenvalue weighted by atomic mass is 9.81. The highest BCUT2D eigenvalue weighted by Crippen LogP contribution is 2.32. The number of benzene rings is 4. The van der Waals surface area contributed by atoms with Crippen LogP contribution in [-0.2, 0) is 0 Å². The van der Waals surface area contributed by atoms with Gasteiger partial charge in [0.05, 0.1) is 28.4 Å². The van der Waals surface area contributed by atoms with E-state index >= 15 is 0 Å². The molecule has 0 atom stereocenters. The van der Waals surface area contributed by atoms with Crippen LogP contribution in [0.15, 0.2) is 102 Å². The van der Waals surface area contributed by atoms with Crippen LogP contribution in [0.1, 0.15) is 0 Å². The number of hydrogen-bond acceptors (Lipinski definition) is 6. The number of rotatable bonds is 6. The van der Waals surface area contributed by atoms with Crippen molar-refractivity contribution in [1.29, 1.82) is 0 Å². The second kappa shape index (κ2) is 15.5. The minimum absolute atomic E-state index is 0.525. The third kappa shape index (κ3) is 8.96. The number of halogens is 1. The molecule has 0 heterocycles. The van der Waals surface area contributed by atoms with E-state index < -0.39 is 7.12 Å². The first-order chi connectivity index (χ1) is 17.4. The molecule has 188 valence electrons. The van der Waals surface area contributed by atoms with Crippen molar-refractivity contribution in [3.8, 4) is 34.1 Å². The lowest BCUT2D eigenvalue weighted by Crippen LogP contribution is -2.29. The molecule has 0 aliphatic rings. The molecule has 36 heavy (non-hydrogen) atoms. The van der Waals surface area contributed by atoms with Crippen LogP contribution in [0.3, 0.4) is 0 Å². The summed E-state index contributed by atoms with van der Waals surface area (Å²) in [4.78, 5) is 0. The molecule has 0 saturated carbocycles. The van der Waals surface area contributed by atoms with Gasteiger partial charge in [-0.1, -0.05) is 82.7 Å². The number of ether oxygens (including phenoxy) is 4. The highest BCUT2D eigenvalue weighted by Gasteiger charge is 2.07. The fourth-order valence-corrected chi connectivity index (χ4v) is 3.42. The molecular formula is C28H30BBrO6. The minimum atomic E-state index is -1.34. The van der Waals surface area contributed by atoms with Crippen LogP contribution in [-0.4, -0.2) is 45.6 Å². The third-order valence-corrected chi connectivity index (χ3v) is 5.43. The molecule has 0 bridgehead atoms. The average Bonchev–Trinajstić information content (AvgIpc) is 2.94. The van der Waals surface area contributed by atoms with Gasteiger partial charge in [-0.2, -0.15) is 0 Å². The minimum Gasteiger partial charge on any atom is -0.493 e. The quantitative estimate of drug-likeness (QED) is 0.320. The molecule has 0 aliphatic heterocycles. The first kappa shape index (κ1) is 28.8. The second-order valence-corrected chi connectivity index (χ2v) is 8.14. The molecule has 0 amide bonds. The van der Waals surface area contributed by atoms with E-state index in [-0.39, 0.29) is 0 Å². The van der Waals surface area contributed by atoms with Gasteiger partial charge in [0.2, 0.25) is 0 Å². The van der Waals surface area contributed by atoms with Gasteiger partial charge >= 0.3 is 7.12 Å². The van der Waals surface area contributed by atoms with Crippen molar-refractivity contribution < 1.29 is 29.0 Å². The second-order valence-electron chi connectivity index (χ2n) is 7.22. The van der Waals surface area contributed by atoms with Crippen molar-refractivity contribution in [2.24, 2.45) is 0 Å². The van der Waals surface area contributed by atoms with Gasteiger partial charge in [0.15, 0.2) is 23.0 Å². The van der Waals surface area contributed by atoms with Gasteiger partial charge in [0.1, 0.15) is 0 Å². The summed E-state index contributed by atoms with van der Waals surface area (Å²) in [6.07, 6.45) is 0. The van der Waals surface area contributed by atoms with Gasteiger partial charge in [-0.3, -0.25) is 0 Å². The van der Waals surface area contributed by atoms with E-state index in [1.54, 1.807) is 52.7 Å². The summed E-state index contributed by atoms with van der Waals surface area (Å²) in [5.74, 6) is 2.99. The third-order valence-electron chi connectivity index (χ3n) is 4.93. The zero-order valence-corrected chi connectivity index (χ0v) is 22.3. The van der Waals surface area contributed by atoms with Crippen molar-refractivity contribution in [3.05, 3.63) is 102 Å². The predicted octanol–water partition coefficient (Wildman–Crippen LogP) is 5.20. The summed E-state index contributed by atoms with van der Waals surface area (Å²) >= 11 is 3.33. The van der Waals surface area contributed by atoms with Crippen LogP contribution in [0.25, 0.3) is 11.1 Å². The van der Waals surface area contributed by atoms with Crippen molar-refractivity contribution in [1.82, 2.24) is 0 Å². The van der Waals surface area contributed by atoms with Crippen LogP contribution in [0.2, 0.25) is 0 Å². The summed E-state index contributed by atoms with van der Waals surface area (Å²) in [7, 11) is 5.18. The Kier molecular flexibility index (Phi) is 12.4. The van der Waals surface area contributed by atoms with Crippen molar-refractivity contribution in [2.75, 3.05) is 28.4 Å². The van der Waals surface area contributed by atoms with Crippen LogP contribution < -0.4 is 24.4 Å². The van der Waals surface area contributed by atoms with Gasteiger partial charge in [-0.15, -0.1) is 0 Å². The largest absolute Gasteiger partial charge is 0.493 e. The molecule has 4 aromatic carbocycles. The first-order valence-electron chi connectivity index (χ1n) is 11.0. The van der Waals surface area contributed by atoms with E-state index in [0.29, 0.717) is 5.46 Å². The molecular weight excluding hydrogens is 523 g/mol. The summed E-state index contributed by atoms with van der Waals surface area (Å²) in [5, 5.41) is 17.2. The van der Waals surface area contributed by atoms with E-state index in [2.05, 4.69) is 28.1 Å². The molecule has 4 aromatic rings. The predicted molar refractivity (Wildman–Crippen MR) is 148 cm³/mol. The van der Waals surface area contributed by atoms with E-state index in [1.165, 1.54) is 5.56 Å². The Morgan fingerprint density at radius 2 is 1.00 bits per heavy atom. The molecule has 0 aliphatic carbocycles. The summed E-state index contributed by atoms with van der Waals surface area (Å²) in [5.41, 5.74) is 2.82. The van der Waals surface area contributed by atoms with Crippen molar-refractivity contribution >= 4 is 28.5 Å². The zero-order valence-electron chi connectivity index (χ0n) is 20.7. The molecule has 0 aromatic heterocycles. The molecule has 8 heteroatoms. The van der Waals surface area contributed by atoms with Crippen LogP contribution in [0, 0.1) is 0 Å². The first-order valence-corrected chi connectivity index (χ1v) is 11.8. The maximum Gasteiger partial charge on any atom is 0.488 e. The van der Waals surface area contributed by atoms with Crippen molar-refractivity contribution in [3.63, 3.8) is 0 Å². The normalized spacial score (nSPS) is 9.53. The van der Waals surface area contributed by atoms with Gasteiger partial charge in [-0.25, -0.2) is 0 Å². The van der Waals surface area contributed by atoms with Gasteiger partial charge in [-0.05, 0) is 46.9 Å². The molecule has 0 spiro atoms. The lowest BCUT2D eigenvalue weighted by Gasteiger charge is -2.09. The van der Waals surface area contributed by atoms with Gasteiger partial charge in [0, 0.05) is 4.47 Å². The lowest BCUT2D eigenvalue weighted by molar-refractivity contribution is 0.354. The highest BCUT2D eigenvalue weighted by molar-refractivity contribution is 9.10. The van der Waals surface area contributed by atoms with E-state index in [9.17, 15) is 0 Å². The van der Waals surface area contributed by atoms with Crippen molar-refractivity contribution in [2.45, 2.75) is 0 Å². The molecule has 4 rings (SSSR count). The van der Waals surface area contributed by atoms with E-state index in [4.69, 9.17) is 29.0 Å². The summed E-state index contributed by atoms with van der Waals surface area (Å²) < 4.78 is 21.6. The smallest absolute Gasteiger partial charge is 0.488 e. The maximum atomic E-state index is 8.58. The molecule has 6 nitrogen and oxygen atoms in total. The van der Waals surface area contributed by atoms with Gasteiger partial charge in [0.25, 0.3) is 0 Å². The molecule has 0 fully saturated rings. The van der Waals surface area contributed by atoms with Crippen LogP contribution in [0.4, 0.5) is 0 Å². The average molecular weight is 553 g/mol. The van der Waals surface area contributed by atoms with Crippen LogP contribution in [0.5, 0.6) is 23.0 Å². The summed E-state index contributed by atoms with van der Waals surface area (Å²) in [6.45, 7) is 0. The molecule has 0 saturated heterocycles. The fourth-order valence-electron chi connectivity index (χ4n) is 3.08. The Morgan fingerprint density at radius 1 is 0.528 bits per heavy atom. The topological polar surface area (TPSA) is 77.4 Å². The highest BCUT2D eigenvalue weighted by atomic mass is 79.9. The van der Waals surface area contributed by atoms with E-state index in [1.807, 2.05) is 60.7 Å². The molecule has 0 radical (unpaired) electrons. The Hall–Kier alpha value is -3.46. The fraction of sp³-hybridized carbons (Fsp3) is 0.143. The number of methoxy groups -OCH3 is 4. The van der Waals surface area contributed by atoms with E-state index in [0.717, 1.165) is 33.0 Å². The number of hydrogen-bond donors (Lipinski definition) is 2. The molecule has 0 unspecified atom stereocenters. The monoisotopic (exact) mass is 552 g/mol. The SMILES string of the molecule is COc1ccc(-c2ccccc2)cc1OC.COc1ccc(Br)cc1OC.OB(O)c1ccccc1. The Bertz CT molecular complexity index is 1170. The standard InChI is InChI=1S/C14H14O2.C8H9BrO2.C6H7BO2/c1-15-13-9-8-12(10-14(13)16-2)11-6-4-3-5-7-11;1-10-7-4-3-6(9)5-8(7)11-2;8-7(9)6-4-2-1-3-5-6/h3-10H,1-2H3;3-5H,1-2H3;1-5,8-9H. The van der Waals surface area contributed by atoms with Gasteiger partial charge < -0.3 is 29.0 Å². The Morgan fingerprint density at radius 3 is 1.47 bits per heavy atom. The Labute approximate surface area is 221 Å². The maximum absolute atomic E-state index is 8.58. The zero-order chi connectivity index (χ0) is 26.3. The Balaban J connectivity index is 0.000000200. The summed E-state index contributed by atoms with van der Waals surface area (Å²) in [6, 6.07) is 30.4. The molecule has 2 N–H and O–H groups in total. The van der Waals surface area contributed by atoms with Crippen LogP contribution >= 0.6 is 15.9 Å².